The normalized spacial score (nSPS) is 20.4. The van der Waals surface area contributed by atoms with Gasteiger partial charge < -0.3 is 19.3 Å². The first kappa shape index (κ1) is 19.0. The first-order valence-electron chi connectivity index (χ1n) is 9.97. The molecule has 0 spiro atoms. The molecule has 0 amide bonds. The molecule has 0 saturated carbocycles. The van der Waals surface area contributed by atoms with Gasteiger partial charge in [0, 0.05) is 57.6 Å². The Kier molecular flexibility index (Phi) is 5.92. The molecule has 3 heterocycles. The van der Waals surface area contributed by atoms with E-state index in [2.05, 4.69) is 38.9 Å². The number of hydrogen-bond acceptors (Lipinski definition) is 7. The van der Waals surface area contributed by atoms with Crippen LogP contribution in [0.2, 0.25) is 0 Å². The molecule has 2 saturated heterocycles. The molecule has 1 aromatic carbocycles. The van der Waals surface area contributed by atoms with Gasteiger partial charge in [-0.05, 0) is 18.6 Å². The third kappa shape index (κ3) is 4.20. The van der Waals surface area contributed by atoms with Gasteiger partial charge in [0.1, 0.15) is 11.6 Å². The van der Waals surface area contributed by atoms with Gasteiger partial charge in [0.05, 0.1) is 20.3 Å². The quantitative estimate of drug-likeness (QED) is 0.756. The van der Waals surface area contributed by atoms with Crippen molar-refractivity contribution in [3.8, 4) is 5.75 Å². The maximum absolute atomic E-state index is 5.50. The second kappa shape index (κ2) is 8.75. The molecule has 150 valence electrons. The lowest BCUT2D eigenvalue weighted by atomic mass is 10.2. The highest BCUT2D eigenvalue weighted by molar-refractivity contribution is 5.44. The molecule has 7 nitrogen and oxygen atoms in total. The molecule has 0 N–H and O–H groups in total. The number of hydrogen-bond donors (Lipinski definition) is 0. The number of nitrogens with zero attached hydrogens (tertiary/aromatic N) is 5. The summed E-state index contributed by atoms with van der Waals surface area (Å²) in [5, 5.41) is 0. The molecule has 0 aliphatic carbocycles. The molecule has 4 rings (SSSR count). The fourth-order valence-corrected chi connectivity index (χ4v) is 3.98. The molecule has 0 bridgehead atoms. The number of likely N-dealkylation sites (tertiary alicyclic amines) is 1. The van der Waals surface area contributed by atoms with Crippen LogP contribution in [0.1, 0.15) is 12.0 Å². The van der Waals surface area contributed by atoms with Crippen LogP contribution in [0.3, 0.4) is 0 Å². The van der Waals surface area contributed by atoms with Crippen molar-refractivity contribution < 1.29 is 9.47 Å². The van der Waals surface area contributed by atoms with E-state index in [1.165, 1.54) is 5.56 Å². The van der Waals surface area contributed by atoms with Gasteiger partial charge in [-0.1, -0.05) is 18.2 Å². The summed E-state index contributed by atoms with van der Waals surface area (Å²) in [6, 6.07) is 10.7. The number of likely N-dealkylation sites (N-methyl/N-ethyl adjacent to an activating group) is 1. The van der Waals surface area contributed by atoms with Crippen molar-refractivity contribution >= 4 is 11.8 Å². The Morgan fingerprint density at radius 2 is 2.00 bits per heavy atom. The van der Waals surface area contributed by atoms with E-state index in [1.54, 1.807) is 7.11 Å². The van der Waals surface area contributed by atoms with E-state index in [-0.39, 0.29) is 0 Å². The number of methoxy groups -OCH3 is 1. The highest BCUT2D eigenvalue weighted by Crippen LogP contribution is 2.25. The number of ether oxygens (including phenoxy) is 2. The first-order chi connectivity index (χ1) is 13.7. The molecule has 2 aliphatic heterocycles. The summed E-state index contributed by atoms with van der Waals surface area (Å²) >= 11 is 0. The molecule has 2 aromatic rings. The second-order valence-electron chi connectivity index (χ2n) is 7.41. The van der Waals surface area contributed by atoms with E-state index in [0.717, 1.165) is 69.9 Å². The Morgan fingerprint density at radius 1 is 1.18 bits per heavy atom. The smallest absolute Gasteiger partial charge is 0.227 e. The predicted molar refractivity (Wildman–Crippen MR) is 110 cm³/mol. The monoisotopic (exact) mass is 383 g/mol. The van der Waals surface area contributed by atoms with Gasteiger partial charge in [0.2, 0.25) is 5.95 Å². The zero-order chi connectivity index (χ0) is 19.3. The Bertz CT molecular complexity index is 781. The summed E-state index contributed by atoms with van der Waals surface area (Å²) < 4.78 is 10.9. The summed E-state index contributed by atoms with van der Waals surface area (Å²) in [5.74, 6) is 2.75. The van der Waals surface area contributed by atoms with Crippen molar-refractivity contribution in [2.24, 2.45) is 0 Å². The van der Waals surface area contributed by atoms with E-state index < -0.39 is 0 Å². The molecule has 2 aliphatic rings. The van der Waals surface area contributed by atoms with Crippen molar-refractivity contribution in [2.75, 3.05) is 63.4 Å². The number of morpholine rings is 1. The topological polar surface area (TPSA) is 54.0 Å². The van der Waals surface area contributed by atoms with E-state index in [9.17, 15) is 0 Å². The molecule has 28 heavy (non-hydrogen) atoms. The standard InChI is InChI=1S/C21H29N5O2/c1-24(20-7-9-22-21(23-20)26-11-13-28-14-12-26)18-8-10-25(16-18)15-17-5-3-4-6-19(17)27-2/h3-7,9,18H,8,10-16H2,1-2H3. The van der Waals surface area contributed by atoms with Gasteiger partial charge in [-0.25, -0.2) is 4.98 Å². The number of para-hydroxylation sites is 1. The predicted octanol–water partition coefficient (Wildman–Crippen LogP) is 2.03. The molecule has 2 fully saturated rings. The van der Waals surface area contributed by atoms with Gasteiger partial charge >= 0.3 is 0 Å². The van der Waals surface area contributed by atoms with Crippen molar-refractivity contribution in [3.05, 3.63) is 42.1 Å². The minimum Gasteiger partial charge on any atom is -0.496 e. The van der Waals surface area contributed by atoms with Gasteiger partial charge in [0.25, 0.3) is 0 Å². The third-order valence-electron chi connectivity index (χ3n) is 5.67. The lowest BCUT2D eigenvalue weighted by Crippen LogP contribution is -2.38. The fourth-order valence-electron chi connectivity index (χ4n) is 3.98. The van der Waals surface area contributed by atoms with E-state index in [0.29, 0.717) is 6.04 Å². The molecule has 1 unspecified atom stereocenters. The van der Waals surface area contributed by atoms with E-state index in [4.69, 9.17) is 14.5 Å². The van der Waals surface area contributed by atoms with Crippen LogP contribution in [0.25, 0.3) is 0 Å². The maximum atomic E-state index is 5.50. The lowest BCUT2D eigenvalue weighted by Gasteiger charge is -2.29. The number of aromatic nitrogens is 2. The summed E-state index contributed by atoms with van der Waals surface area (Å²) in [5.41, 5.74) is 1.24. The van der Waals surface area contributed by atoms with Gasteiger partial charge in [0.15, 0.2) is 0 Å². The van der Waals surface area contributed by atoms with Crippen molar-refractivity contribution in [1.29, 1.82) is 0 Å². The minimum absolute atomic E-state index is 0.446. The van der Waals surface area contributed by atoms with Gasteiger partial charge in [-0.15, -0.1) is 0 Å². The van der Waals surface area contributed by atoms with Crippen LogP contribution in [0, 0.1) is 0 Å². The van der Waals surface area contributed by atoms with Crippen LogP contribution in [-0.4, -0.2) is 74.5 Å². The molecule has 1 aromatic heterocycles. The van der Waals surface area contributed by atoms with Crippen molar-refractivity contribution in [2.45, 2.75) is 19.0 Å². The fraction of sp³-hybridized carbons (Fsp3) is 0.524. The largest absolute Gasteiger partial charge is 0.496 e. The van der Waals surface area contributed by atoms with Gasteiger partial charge in [-0.2, -0.15) is 4.98 Å². The number of rotatable bonds is 6. The van der Waals surface area contributed by atoms with E-state index >= 15 is 0 Å². The van der Waals surface area contributed by atoms with Crippen LogP contribution < -0.4 is 14.5 Å². The highest BCUT2D eigenvalue weighted by atomic mass is 16.5. The van der Waals surface area contributed by atoms with E-state index in [1.807, 2.05) is 24.4 Å². The zero-order valence-electron chi connectivity index (χ0n) is 16.8. The SMILES string of the molecule is COc1ccccc1CN1CCC(N(C)c2ccnc(N3CCOCC3)n2)C1. The number of benzene rings is 1. The molecule has 7 heteroatoms. The third-order valence-corrected chi connectivity index (χ3v) is 5.67. The van der Waals surface area contributed by atoms with Crippen LogP contribution in [0.5, 0.6) is 5.75 Å². The summed E-state index contributed by atoms with van der Waals surface area (Å²) in [4.78, 5) is 16.3. The first-order valence-corrected chi connectivity index (χ1v) is 9.97. The zero-order valence-corrected chi connectivity index (χ0v) is 16.8. The second-order valence-corrected chi connectivity index (χ2v) is 7.41. The Balaban J connectivity index is 1.40. The van der Waals surface area contributed by atoms with Crippen molar-refractivity contribution in [1.82, 2.24) is 14.9 Å². The molecule has 1 atom stereocenters. The maximum Gasteiger partial charge on any atom is 0.227 e. The van der Waals surface area contributed by atoms with Crippen LogP contribution >= 0.6 is 0 Å². The Morgan fingerprint density at radius 3 is 2.82 bits per heavy atom. The van der Waals surface area contributed by atoms with Gasteiger partial charge in [-0.3, -0.25) is 4.90 Å². The Hall–Kier alpha value is -2.38. The number of anilines is 2. The summed E-state index contributed by atoms with van der Waals surface area (Å²) in [6.07, 6.45) is 2.99. The summed E-state index contributed by atoms with van der Waals surface area (Å²) in [7, 11) is 3.88. The van der Waals surface area contributed by atoms with Crippen LogP contribution in [-0.2, 0) is 11.3 Å². The van der Waals surface area contributed by atoms with Crippen molar-refractivity contribution in [3.63, 3.8) is 0 Å². The highest BCUT2D eigenvalue weighted by Gasteiger charge is 2.27. The lowest BCUT2D eigenvalue weighted by molar-refractivity contribution is 0.122. The average molecular weight is 383 g/mol. The average Bonchev–Trinajstić information content (AvgIpc) is 3.23. The Labute approximate surface area is 166 Å². The minimum atomic E-state index is 0.446. The van der Waals surface area contributed by atoms with Crippen LogP contribution in [0.4, 0.5) is 11.8 Å². The van der Waals surface area contributed by atoms with Crippen LogP contribution in [0.15, 0.2) is 36.5 Å². The summed E-state index contributed by atoms with van der Waals surface area (Å²) in [6.45, 7) is 6.19. The molecular weight excluding hydrogens is 354 g/mol. The molecular formula is C21H29N5O2. The molecule has 0 radical (unpaired) electrons.